The van der Waals surface area contributed by atoms with Crippen molar-refractivity contribution in [2.24, 2.45) is 0 Å². The van der Waals surface area contributed by atoms with Crippen LogP contribution in [-0.4, -0.2) is 41.1 Å². The molecule has 0 unspecified atom stereocenters. The Balaban J connectivity index is 1.10. The minimum atomic E-state index is -0.116. The molecule has 0 radical (unpaired) electrons. The third-order valence-corrected chi connectivity index (χ3v) is 7.84. The average molecular weight is 442 g/mol. The summed E-state index contributed by atoms with van der Waals surface area (Å²) in [5.41, 5.74) is 4.52. The number of aromatic nitrogens is 1. The van der Waals surface area contributed by atoms with Gasteiger partial charge in [0.05, 0.1) is 11.6 Å². The van der Waals surface area contributed by atoms with Gasteiger partial charge in [-0.1, -0.05) is 24.3 Å². The molecule has 6 rings (SSSR count). The molecule has 2 saturated heterocycles. The molecule has 3 aromatic rings. The topological polar surface area (TPSA) is 69.3 Å². The molecule has 3 heterocycles. The van der Waals surface area contributed by atoms with Crippen molar-refractivity contribution in [3.63, 3.8) is 0 Å². The largest absolute Gasteiger partial charge is 0.363 e. The standard InChI is InChI=1S/C27H31N5O/c1-32-21-9-10-22(32)16-20(15-21)29-27(33)28-19-8-12-24-18(14-19)7-13-26(30-24)31-25-11-6-17-4-2-3-5-23(17)25/h2-5,7-8,12-14,20-22,25H,6,9-11,15-16H2,1H3,(H,30,31)(H2,28,29,33)/t20-,21-,22+,25-/m1/s1. The van der Waals surface area contributed by atoms with Gasteiger partial charge in [-0.05, 0) is 87.0 Å². The third-order valence-electron chi connectivity index (χ3n) is 7.84. The molecule has 6 nitrogen and oxygen atoms in total. The smallest absolute Gasteiger partial charge is 0.319 e. The fourth-order valence-electron chi connectivity index (χ4n) is 6.05. The van der Waals surface area contributed by atoms with Crippen molar-refractivity contribution in [1.29, 1.82) is 0 Å². The lowest BCUT2D eigenvalue weighted by atomic mass is 9.98. The summed E-state index contributed by atoms with van der Waals surface area (Å²) in [6.45, 7) is 0. The van der Waals surface area contributed by atoms with E-state index in [9.17, 15) is 4.79 Å². The molecule has 4 atom stereocenters. The summed E-state index contributed by atoms with van der Waals surface area (Å²) in [6.07, 6.45) is 6.80. The van der Waals surface area contributed by atoms with Crippen molar-refractivity contribution < 1.29 is 4.79 Å². The molecule has 2 bridgehead atoms. The summed E-state index contributed by atoms with van der Waals surface area (Å²) in [7, 11) is 2.22. The second kappa shape index (κ2) is 8.34. The van der Waals surface area contributed by atoms with Gasteiger partial charge in [-0.25, -0.2) is 9.78 Å². The summed E-state index contributed by atoms with van der Waals surface area (Å²) in [6, 6.07) is 20.3. The van der Waals surface area contributed by atoms with Gasteiger partial charge in [-0.15, -0.1) is 0 Å². The molecule has 170 valence electrons. The number of rotatable bonds is 4. The second-order valence-electron chi connectivity index (χ2n) is 9.86. The monoisotopic (exact) mass is 441 g/mol. The number of nitrogens with one attached hydrogen (secondary N) is 3. The van der Waals surface area contributed by atoms with Gasteiger partial charge >= 0.3 is 6.03 Å². The van der Waals surface area contributed by atoms with Gasteiger partial charge in [-0.2, -0.15) is 0 Å². The van der Waals surface area contributed by atoms with Crippen LogP contribution in [0.5, 0.6) is 0 Å². The van der Waals surface area contributed by atoms with Crippen molar-refractivity contribution in [2.45, 2.75) is 62.7 Å². The highest BCUT2D eigenvalue weighted by Gasteiger charge is 2.38. The Labute approximate surface area is 194 Å². The van der Waals surface area contributed by atoms with Crippen LogP contribution in [0.3, 0.4) is 0 Å². The van der Waals surface area contributed by atoms with E-state index in [0.29, 0.717) is 18.1 Å². The van der Waals surface area contributed by atoms with E-state index in [2.05, 4.69) is 58.2 Å². The average Bonchev–Trinajstić information content (AvgIpc) is 3.29. The van der Waals surface area contributed by atoms with Gasteiger partial charge in [-0.3, -0.25) is 0 Å². The van der Waals surface area contributed by atoms with Crippen molar-refractivity contribution in [2.75, 3.05) is 17.7 Å². The number of aryl methyl sites for hydroxylation is 1. The number of carbonyl (C=O) groups excluding carboxylic acids is 1. The zero-order valence-corrected chi connectivity index (χ0v) is 19.1. The van der Waals surface area contributed by atoms with Crippen molar-refractivity contribution in [1.82, 2.24) is 15.2 Å². The van der Waals surface area contributed by atoms with Crippen molar-refractivity contribution in [3.8, 4) is 0 Å². The molecular weight excluding hydrogens is 410 g/mol. The lowest BCUT2D eigenvalue weighted by Crippen LogP contribution is -2.49. The second-order valence-corrected chi connectivity index (χ2v) is 9.86. The Kier molecular flexibility index (Phi) is 5.18. The van der Waals surface area contributed by atoms with E-state index in [1.807, 2.05) is 24.3 Å². The number of anilines is 2. The Morgan fingerprint density at radius 1 is 1.00 bits per heavy atom. The Morgan fingerprint density at radius 2 is 1.82 bits per heavy atom. The lowest BCUT2D eigenvalue weighted by Gasteiger charge is -2.36. The molecule has 0 spiro atoms. The number of nitrogens with zero attached hydrogens (tertiary/aromatic N) is 2. The Morgan fingerprint density at radius 3 is 2.67 bits per heavy atom. The molecule has 0 saturated carbocycles. The lowest BCUT2D eigenvalue weighted by molar-refractivity contribution is 0.151. The molecule has 6 heteroatoms. The summed E-state index contributed by atoms with van der Waals surface area (Å²) in [5, 5.41) is 10.8. The van der Waals surface area contributed by atoms with Gasteiger partial charge in [0.1, 0.15) is 5.82 Å². The fourth-order valence-corrected chi connectivity index (χ4v) is 6.05. The van der Waals surface area contributed by atoms with E-state index < -0.39 is 0 Å². The number of carbonyl (C=O) groups is 1. The summed E-state index contributed by atoms with van der Waals surface area (Å²) < 4.78 is 0. The van der Waals surface area contributed by atoms with Crippen LogP contribution < -0.4 is 16.0 Å². The minimum absolute atomic E-state index is 0.116. The minimum Gasteiger partial charge on any atom is -0.363 e. The van der Waals surface area contributed by atoms with Gasteiger partial charge in [0.25, 0.3) is 0 Å². The number of hydrogen-bond acceptors (Lipinski definition) is 4. The number of amides is 2. The van der Waals surface area contributed by atoms with Crippen LogP contribution in [0.1, 0.15) is 49.3 Å². The molecule has 3 aliphatic rings. The van der Waals surface area contributed by atoms with Gasteiger partial charge < -0.3 is 20.9 Å². The van der Waals surface area contributed by atoms with Crippen LogP contribution in [-0.2, 0) is 6.42 Å². The molecule has 2 amide bonds. The van der Waals surface area contributed by atoms with E-state index in [-0.39, 0.29) is 12.1 Å². The van der Waals surface area contributed by atoms with E-state index in [1.165, 1.54) is 24.0 Å². The van der Waals surface area contributed by atoms with E-state index in [1.54, 1.807) is 0 Å². The molecule has 2 aromatic carbocycles. The predicted molar refractivity (Wildman–Crippen MR) is 133 cm³/mol. The molecule has 1 aliphatic carbocycles. The first-order valence-electron chi connectivity index (χ1n) is 12.2. The highest BCUT2D eigenvalue weighted by Crippen LogP contribution is 2.35. The van der Waals surface area contributed by atoms with Crippen LogP contribution in [0.4, 0.5) is 16.3 Å². The third kappa shape index (κ3) is 4.04. The highest BCUT2D eigenvalue weighted by atomic mass is 16.2. The molecule has 1 aromatic heterocycles. The van der Waals surface area contributed by atoms with Crippen molar-refractivity contribution >= 4 is 28.4 Å². The molecule has 2 fully saturated rings. The van der Waals surface area contributed by atoms with Crippen LogP contribution in [0.2, 0.25) is 0 Å². The molecule has 2 aliphatic heterocycles. The summed E-state index contributed by atoms with van der Waals surface area (Å²) in [4.78, 5) is 19.9. The van der Waals surface area contributed by atoms with Crippen LogP contribution in [0, 0.1) is 0 Å². The molecule has 33 heavy (non-hydrogen) atoms. The first-order chi connectivity index (χ1) is 16.1. The zero-order chi connectivity index (χ0) is 22.4. The Hall–Kier alpha value is -3.12. The fraction of sp³-hybridized carbons (Fsp3) is 0.407. The van der Waals surface area contributed by atoms with E-state index >= 15 is 0 Å². The van der Waals surface area contributed by atoms with Gasteiger partial charge in [0, 0.05) is 29.2 Å². The molecule has 3 N–H and O–H groups in total. The first kappa shape index (κ1) is 20.5. The number of urea groups is 1. The maximum absolute atomic E-state index is 12.6. The Bertz CT molecular complexity index is 1180. The highest BCUT2D eigenvalue weighted by molar-refractivity contribution is 5.93. The quantitative estimate of drug-likeness (QED) is 0.528. The van der Waals surface area contributed by atoms with Crippen LogP contribution >= 0.6 is 0 Å². The van der Waals surface area contributed by atoms with E-state index in [4.69, 9.17) is 4.98 Å². The van der Waals surface area contributed by atoms with Gasteiger partial charge in [0.15, 0.2) is 0 Å². The number of benzene rings is 2. The maximum Gasteiger partial charge on any atom is 0.319 e. The normalized spacial score (nSPS) is 26.2. The number of hydrogen-bond donors (Lipinski definition) is 3. The molecular formula is C27H31N5O. The van der Waals surface area contributed by atoms with Crippen LogP contribution in [0.25, 0.3) is 10.9 Å². The van der Waals surface area contributed by atoms with Gasteiger partial charge in [0.2, 0.25) is 0 Å². The predicted octanol–water partition coefficient (Wildman–Crippen LogP) is 5.08. The van der Waals surface area contributed by atoms with Crippen molar-refractivity contribution in [3.05, 3.63) is 65.7 Å². The summed E-state index contributed by atoms with van der Waals surface area (Å²) in [5.74, 6) is 0.888. The number of piperidine rings is 1. The maximum atomic E-state index is 12.6. The van der Waals surface area contributed by atoms with E-state index in [0.717, 1.165) is 48.1 Å². The number of pyridine rings is 1. The number of fused-ring (bicyclic) bond motifs is 4. The summed E-state index contributed by atoms with van der Waals surface area (Å²) >= 11 is 0. The first-order valence-corrected chi connectivity index (χ1v) is 12.2. The zero-order valence-electron chi connectivity index (χ0n) is 19.1. The van der Waals surface area contributed by atoms with Crippen LogP contribution in [0.15, 0.2) is 54.6 Å². The SMILES string of the molecule is CN1[C@@H]2CC[C@H]1C[C@H](NC(=O)Nc1ccc3nc(N[C@@H]4CCc5ccccc54)ccc3c1)C2.